The van der Waals surface area contributed by atoms with Crippen LogP contribution in [0, 0.1) is 13.8 Å². The first-order chi connectivity index (χ1) is 10.6. The van der Waals surface area contributed by atoms with Crippen LogP contribution in [0.2, 0.25) is 0 Å². The first-order valence-corrected chi connectivity index (χ1v) is 7.91. The van der Waals surface area contributed by atoms with E-state index in [0.29, 0.717) is 16.4 Å². The molecule has 2 heterocycles. The van der Waals surface area contributed by atoms with Crippen LogP contribution < -0.4 is 5.32 Å². The Hall–Kier alpha value is -2.34. The van der Waals surface area contributed by atoms with Gasteiger partial charge in [-0.1, -0.05) is 36.5 Å². The number of hydrogen-bond acceptors (Lipinski definition) is 5. The highest BCUT2D eigenvalue weighted by Crippen LogP contribution is 2.24. The van der Waals surface area contributed by atoms with Gasteiger partial charge in [-0.3, -0.25) is 15.1 Å². The number of fused-ring (bicyclic) bond motifs is 1. The minimum absolute atomic E-state index is 0.188. The van der Waals surface area contributed by atoms with Crippen molar-refractivity contribution in [2.75, 3.05) is 5.32 Å². The van der Waals surface area contributed by atoms with E-state index < -0.39 is 0 Å². The third-order valence-corrected chi connectivity index (χ3v) is 4.53. The van der Waals surface area contributed by atoms with Crippen LogP contribution in [0.5, 0.6) is 0 Å². The molecule has 0 spiro atoms. The number of nitrogens with zero attached hydrogens (tertiary/aromatic N) is 3. The number of anilines is 1. The zero-order chi connectivity index (χ0) is 15.7. The van der Waals surface area contributed by atoms with Crippen molar-refractivity contribution in [3.63, 3.8) is 0 Å². The molecule has 0 atom stereocenters. The van der Waals surface area contributed by atoms with Crippen LogP contribution in [0.15, 0.2) is 24.3 Å². The lowest BCUT2D eigenvalue weighted by molar-refractivity contribution is 0.102. The standard InChI is InChI=1S/C16H16N4OS/c1-4-13-19-20-16(22-13)18-15(21)14-9(2)11-7-5-6-8-12(11)17-10(14)3/h5-8H,4H2,1-3H3,(H,18,20,21). The number of carbonyl (C=O) groups is 1. The van der Waals surface area contributed by atoms with Gasteiger partial charge in [0.15, 0.2) is 0 Å². The van der Waals surface area contributed by atoms with E-state index in [1.54, 1.807) is 0 Å². The maximum Gasteiger partial charge on any atom is 0.259 e. The van der Waals surface area contributed by atoms with E-state index in [1.807, 2.05) is 45.0 Å². The van der Waals surface area contributed by atoms with E-state index in [4.69, 9.17) is 0 Å². The van der Waals surface area contributed by atoms with Crippen LogP contribution in [0.25, 0.3) is 10.9 Å². The summed E-state index contributed by atoms with van der Waals surface area (Å²) in [5.41, 5.74) is 3.15. The van der Waals surface area contributed by atoms with Crippen molar-refractivity contribution in [2.45, 2.75) is 27.2 Å². The lowest BCUT2D eigenvalue weighted by Crippen LogP contribution is -2.16. The normalized spacial score (nSPS) is 10.9. The second kappa shape index (κ2) is 5.81. The molecule has 6 heteroatoms. The molecular formula is C16H16N4OS. The fraction of sp³-hybridized carbons (Fsp3) is 0.250. The van der Waals surface area contributed by atoms with Crippen molar-refractivity contribution >= 4 is 33.3 Å². The summed E-state index contributed by atoms with van der Waals surface area (Å²) in [5.74, 6) is -0.188. The molecule has 0 bridgehead atoms. The van der Waals surface area contributed by atoms with Crippen molar-refractivity contribution in [3.8, 4) is 0 Å². The smallest absolute Gasteiger partial charge is 0.259 e. The van der Waals surface area contributed by atoms with Gasteiger partial charge in [0, 0.05) is 5.39 Å². The number of aryl methyl sites for hydroxylation is 3. The van der Waals surface area contributed by atoms with E-state index in [-0.39, 0.29) is 5.91 Å². The first-order valence-electron chi connectivity index (χ1n) is 7.09. The lowest BCUT2D eigenvalue weighted by Gasteiger charge is -2.11. The summed E-state index contributed by atoms with van der Waals surface area (Å²) in [4.78, 5) is 17.1. The monoisotopic (exact) mass is 312 g/mol. The van der Waals surface area contributed by atoms with E-state index in [9.17, 15) is 4.79 Å². The predicted octanol–water partition coefficient (Wildman–Crippen LogP) is 3.52. The first kappa shape index (κ1) is 14.6. The number of benzene rings is 1. The molecule has 0 saturated carbocycles. The number of pyridine rings is 1. The third kappa shape index (κ3) is 2.57. The maximum atomic E-state index is 12.6. The van der Waals surface area contributed by atoms with Crippen LogP contribution >= 0.6 is 11.3 Å². The Morgan fingerprint density at radius 1 is 1.23 bits per heavy atom. The molecule has 0 aliphatic rings. The SMILES string of the molecule is CCc1nnc(NC(=O)c2c(C)nc3ccccc3c2C)s1. The summed E-state index contributed by atoms with van der Waals surface area (Å²) in [7, 11) is 0. The van der Waals surface area contributed by atoms with Crippen LogP contribution in [0.3, 0.4) is 0 Å². The fourth-order valence-corrected chi connectivity index (χ4v) is 3.15. The molecule has 112 valence electrons. The predicted molar refractivity (Wildman–Crippen MR) is 88.5 cm³/mol. The highest BCUT2D eigenvalue weighted by atomic mass is 32.1. The summed E-state index contributed by atoms with van der Waals surface area (Å²) < 4.78 is 0. The number of nitrogens with one attached hydrogen (secondary N) is 1. The zero-order valence-electron chi connectivity index (χ0n) is 12.7. The molecule has 0 unspecified atom stereocenters. The molecule has 0 aliphatic carbocycles. The summed E-state index contributed by atoms with van der Waals surface area (Å²) in [6.45, 7) is 5.81. The number of carbonyl (C=O) groups excluding carboxylic acids is 1. The average molecular weight is 312 g/mol. The van der Waals surface area contributed by atoms with Crippen molar-refractivity contribution in [1.82, 2.24) is 15.2 Å². The summed E-state index contributed by atoms with van der Waals surface area (Å²) >= 11 is 1.40. The molecular weight excluding hydrogens is 296 g/mol. The van der Waals surface area contributed by atoms with Gasteiger partial charge in [0.05, 0.1) is 16.8 Å². The Bertz CT molecular complexity index is 856. The molecule has 0 fully saturated rings. The Morgan fingerprint density at radius 2 is 2.00 bits per heavy atom. The van der Waals surface area contributed by atoms with Gasteiger partial charge in [0.2, 0.25) is 5.13 Å². The van der Waals surface area contributed by atoms with Crippen molar-refractivity contribution in [2.24, 2.45) is 0 Å². The van der Waals surface area contributed by atoms with Gasteiger partial charge < -0.3 is 0 Å². The number of hydrogen-bond donors (Lipinski definition) is 1. The van der Waals surface area contributed by atoms with E-state index in [2.05, 4.69) is 20.5 Å². The molecule has 22 heavy (non-hydrogen) atoms. The zero-order valence-corrected chi connectivity index (χ0v) is 13.5. The van der Waals surface area contributed by atoms with Crippen LogP contribution in [0.1, 0.15) is 33.5 Å². The van der Waals surface area contributed by atoms with Gasteiger partial charge >= 0.3 is 0 Å². The molecule has 0 aliphatic heterocycles. The quantitative estimate of drug-likeness (QED) is 0.803. The van der Waals surface area contributed by atoms with Gasteiger partial charge in [-0.25, -0.2) is 0 Å². The fourth-order valence-electron chi connectivity index (χ4n) is 2.47. The van der Waals surface area contributed by atoms with Crippen molar-refractivity contribution in [3.05, 3.63) is 46.1 Å². The topological polar surface area (TPSA) is 67.8 Å². The van der Waals surface area contributed by atoms with E-state index in [1.165, 1.54) is 11.3 Å². The molecule has 5 nitrogen and oxygen atoms in total. The van der Waals surface area contributed by atoms with Crippen molar-refractivity contribution in [1.29, 1.82) is 0 Å². The Labute approximate surface area is 132 Å². The molecule has 2 aromatic heterocycles. The molecule has 0 radical (unpaired) electrons. The molecule has 1 amide bonds. The minimum atomic E-state index is -0.188. The van der Waals surface area contributed by atoms with Crippen LogP contribution in [-0.4, -0.2) is 21.1 Å². The lowest BCUT2D eigenvalue weighted by atomic mass is 10.0. The highest BCUT2D eigenvalue weighted by molar-refractivity contribution is 7.15. The number of amides is 1. The van der Waals surface area contributed by atoms with Gasteiger partial charge in [-0.05, 0) is 31.9 Å². The largest absolute Gasteiger partial charge is 0.296 e. The average Bonchev–Trinajstić information content (AvgIpc) is 2.95. The Kier molecular flexibility index (Phi) is 3.85. The Morgan fingerprint density at radius 3 is 2.73 bits per heavy atom. The summed E-state index contributed by atoms with van der Waals surface area (Å²) in [6.07, 6.45) is 0.809. The molecule has 0 saturated heterocycles. The summed E-state index contributed by atoms with van der Waals surface area (Å²) in [5, 5.41) is 13.2. The third-order valence-electron chi connectivity index (χ3n) is 3.55. The Balaban J connectivity index is 2.00. The molecule has 1 aromatic carbocycles. The number of rotatable bonds is 3. The number of para-hydroxylation sites is 1. The molecule has 3 aromatic rings. The van der Waals surface area contributed by atoms with E-state index >= 15 is 0 Å². The second-order valence-corrected chi connectivity index (χ2v) is 6.09. The van der Waals surface area contributed by atoms with Gasteiger partial charge in [0.25, 0.3) is 5.91 Å². The summed E-state index contributed by atoms with van der Waals surface area (Å²) in [6, 6.07) is 7.83. The maximum absolute atomic E-state index is 12.6. The van der Waals surface area contributed by atoms with Crippen molar-refractivity contribution < 1.29 is 4.79 Å². The molecule has 1 N–H and O–H groups in total. The second-order valence-electron chi connectivity index (χ2n) is 5.02. The molecule has 3 rings (SSSR count). The highest BCUT2D eigenvalue weighted by Gasteiger charge is 2.17. The van der Waals surface area contributed by atoms with Gasteiger partial charge in [-0.2, -0.15) is 0 Å². The van der Waals surface area contributed by atoms with E-state index in [0.717, 1.165) is 27.9 Å². The minimum Gasteiger partial charge on any atom is -0.296 e. The van der Waals surface area contributed by atoms with Crippen LogP contribution in [0.4, 0.5) is 5.13 Å². The van der Waals surface area contributed by atoms with Crippen LogP contribution in [-0.2, 0) is 6.42 Å². The van der Waals surface area contributed by atoms with Gasteiger partial charge in [0.1, 0.15) is 5.01 Å². The number of aromatic nitrogens is 3. The van der Waals surface area contributed by atoms with Gasteiger partial charge in [-0.15, -0.1) is 10.2 Å².